The van der Waals surface area contributed by atoms with Gasteiger partial charge in [-0.25, -0.2) is 5.84 Å². The van der Waals surface area contributed by atoms with Crippen molar-refractivity contribution in [3.05, 3.63) is 6.07 Å². The van der Waals surface area contributed by atoms with Crippen molar-refractivity contribution >= 4 is 17.6 Å². The zero-order valence-corrected chi connectivity index (χ0v) is 10.7. The Kier molecular flexibility index (Phi) is 4.16. The fourth-order valence-corrected chi connectivity index (χ4v) is 2.26. The van der Waals surface area contributed by atoms with Crippen LogP contribution in [0.15, 0.2) is 6.07 Å². The van der Waals surface area contributed by atoms with E-state index in [4.69, 9.17) is 11.6 Å². The SMILES string of the molecule is CC(CN1CCCC1)Nc1cc(NN)nc(N)n1. The topological polar surface area (TPSA) is 105 Å². The fraction of sp³-hybridized carbons (Fsp3) is 0.636. The highest BCUT2D eigenvalue weighted by Gasteiger charge is 2.15. The number of nitrogen functional groups attached to an aromatic ring is 2. The number of aromatic nitrogens is 2. The van der Waals surface area contributed by atoms with Crippen molar-refractivity contribution in [2.24, 2.45) is 5.84 Å². The molecule has 2 rings (SSSR count). The monoisotopic (exact) mass is 251 g/mol. The summed E-state index contributed by atoms with van der Waals surface area (Å²) in [5.74, 6) is 6.74. The van der Waals surface area contributed by atoms with Gasteiger partial charge in [-0.05, 0) is 32.9 Å². The Bertz CT molecular complexity index is 389. The third kappa shape index (κ3) is 3.44. The summed E-state index contributed by atoms with van der Waals surface area (Å²) in [4.78, 5) is 10.5. The van der Waals surface area contributed by atoms with Crippen molar-refractivity contribution in [3.8, 4) is 0 Å². The summed E-state index contributed by atoms with van der Waals surface area (Å²) >= 11 is 0. The summed E-state index contributed by atoms with van der Waals surface area (Å²) in [6, 6.07) is 2.06. The third-order valence-corrected chi connectivity index (χ3v) is 3.02. The Hall–Kier alpha value is -1.60. The summed E-state index contributed by atoms with van der Waals surface area (Å²) in [5, 5.41) is 3.32. The maximum atomic E-state index is 5.61. The van der Waals surface area contributed by atoms with Crippen LogP contribution in [0.25, 0.3) is 0 Å². The number of nitrogens with zero attached hydrogens (tertiary/aromatic N) is 3. The second-order valence-electron chi connectivity index (χ2n) is 4.69. The van der Waals surface area contributed by atoms with Gasteiger partial charge in [-0.15, -0.1) is 0 Å². The van der Waals surface area contributed by atoms with Gasteiger partial charge in [0.25, 0.3) is 0 Å². The van der Waals surface area contributed by atoms with Gasteiger partial charge in [0.2, 0.25) is 5.95 Å². The van der Waals surface area contributed by atoms with Crippen LogP contribution in [0.4, 0.5) is 17.6 Å². The Morgan fingerprint density at radius 2 is 2.00 bits per heavy atom. The van der Waals surface area contributed by atoms with Crippen LogP contribution >= 0.6 is 0 Å². The van der Waals surface area contributed by atoms with Crippen molar-refractivity contribution in [1.29, 1.82) is 0 Å². The zero-order chi connectivity index (χ0) is 13.0. The summed E-state index contributed by atoms with van der Waals surface area (Å²) in [5.41, 5.74) is 8.08. The lowest BCUT2D eigenvalue weighted by molar-refractivity contribution is 0.327. The highest BCUT2D eigenvalue weighted by Crippen LogP contribution is 2.14. The predicted molar refractivity (Wildman–Crippen MR) is 73.0 cm³/mol. The fourth-order valence-electron chi connectivity index (χ4n) is 2.26. The first-order valence-corrected chi connectivity index (χ1v) is 6.27. The Morgan fingerprint density at radius 1 is 1.33 bits per heavy atom. The van der Waals surface area contributed by atoms with Gasteiger partial charge in [0.15, 0.2) is 0 Å². The van der Waals surface area contributed by atoms with E-state index in [-0.39, 0.29) is 5.95 Å². The molecule has 1 fully saturated rings. The third-order valence-electron chi connectivity index (χ3n) is 3.02. The van der Waals surface area contributed by atoms with E-state index in [2.05, 4.69) is 32.5 Å². The van der Waals surface area contributed by atoms with Crippen molar-refractivity contribution in [3.63, 3.8) is 0 Å². The lowest BCUT2D eigenvalue weighted by Crippen LogP contribution is -2.33. The van der Waals surface area contributed by atoms with E-state index in [0.29, 0.717) is 17.7 Å². The molecule has 1 aromatic heterocycles. The molecule has 1 aromatic rings. The Labute approximate surface area is 107 Å². The van der Waals surface area contributed by atoms with Crippen LogP contribution in [0.1, 0.15) is 19.8 Å². The molecule has 0 amide bonds. The molecular weight excluding hydrogens is 230 g/mol. The first-order valence-electron chi connectivity index (χ1n) is 6.27. The molecule has 100 valence electrons. The molecule has 7 heteroatoms. The van der Waals surface area contributed by atoms with Crippen LogP contribution < -0.4 is 22.3 Å². The molecule has 0 aliphatic carbocycles. The highest BCUT2D eigenvalue weighted by atomic mass is 15.3. The molecule has 7 nitrogen and oxygen atoms in total. The molecule has 1 atom stereocenters. The number of hydrazine groups is 1. The summed E-state index contributed by atoms with van der Waals surface area (Å²) in [7, 11) is 0. The van der Waals surface area contributed by atoms with Gasteiger partial charge in [0.05, 0.1) is 0 Å². The zero-order valence-electron chi connectivity index (χ0n) is 10.7. The van der Waals surface area contributed by atoms with E-state index in [0.717, 1.165) is 6.54 Å². The average molecular weight is 251 g/mol. The number of likely N-dealkylation sites (tertiary alicyclic amines) is 1. The quantitative estimate of drug-likeness (QED) is 0.439. The number of hydrogen-bond donors (Lipinski definition) is 4. The minimum absolute atomic E-state index is 0.210. The largest absolute Gasteiger partial charge is 0.368 e. The van der Waals surface area contributed by atoms with E-state index in [9.17, 15) is 0 Å². The van der Waals surface area contributed by atoms with E-state index in [1.165, 1.54) is 25.9 Å². The van der Waals surface area contributed by atoms with Crippen LogP contribution in [0.5, 0.6) is 0 Å². The van der Waals surface area contributed by atoms with Gasteiger partial charge in [0, 0.05) is 18.7 Å². The average Bonchev–Trinajstić information content (AvgIpc) is 2.80. The van der Waals surface area contributed by atoms with E-state index in [1.807, 2.05) is 0 Å². The van der Waals surface area contributed by atoms with Gasteiger partial charge in [0.1, 0.15) is 11.6 Å². The van der Waals surface area contributed by atoms with E-state index < -0.39 is 0 Å². The maximum absolute atomic E-state index is 5.61. The molecule has 0 spiro atoms. The van der Waals surface area contributed by atoms with Gasteiger partial charge in [-0.2, -0.15) is 9.97 Å². The first kappa shape index (κ1) is 12.8. The predicted octanol–water partition coefficient (Wildman–Crippen LogP) is 0.241. The number of nitrogens with two attached hydrogens (primary N) is 2. The van der Waals surface area contributed by atoms with Crippen molar-refractivity contribution in [2.45, 2.75) is 25.8 Å². The number of hydrogen-bond acceptors (Lipinski definition) is 7. The van der Waals surface area contributed by atoms with Crippen LogP contribution in [0, 0.1) is 0 Å². The van der Waals surface area contributed by atoms with Gasteiger partial charge >= 0.3 is 0 Å². The summed E-state index contributed by atoms with van der Waals surface area (Å²) < 4.78 is 0. The molecule has 1 aliphatic heterocycles. The standard InChI is InChI=1S/C11H21N7/c1-8(7-18-4-2-3-5-18)14-9-6-10(17-13)16-11(12)15-9/h6,8H,2-5,7,13H2,1H3,(H4,12,14,15,16,17). The Balaban J connectivity index is 1.93. The molecule has 1 unspecified atom stereocenters. The second-order valence-corrected chi connectivity index (χ2v) is 4.69. The number of anilines is 3. The number of nitrogens with one attached hydrogen (secondary N) is 2. The van der Waals surface area contributed by atoms with Gasteiger partial charge in [-0.1, -0.05) is 0 Å². The first-order chi connectivity index (χ1) is 8.67. The molecule has 1 saturated heterocycles. The maximum Gasteiger partial charge on any atom is 0.223 e. The summed E-state index contributed by atoms with van der Waals surface area (Å²) in [6.45, 7) is 5.52. The molecule has 0 radical (unpaired) electrons. The normalized spacial score (nSPS) is 17.7. The van der Waals surface area contributed by atoms with Crippen LogP contribution in [0.3, 0.4) is 0 Å². The minimum Gasteiger partial charge on any atom is -0.368 e. The van der Waals surface area contributed by atoms with Crippen molar-refractivity contribution in [2.75, 3.05) is 36.1 Å². The molecular formula is C11H21N7. The molecule has 0 bridgehead atoms. The smallest absolute Gasteiger partial charge is 0.223 e. The lowest BCUT2D eigenvalue weighted by Gasteiger charge is -2.21. The minimum atomic E-state index is 0.210. The van der Waals surface area contributed by atoms with Crippen molar-refractivity contribution in [1.82, 2.24) is 14.9 Å². The summed E-state index contributed by atoms with van der Waals surface area (Å²) in [6.07, 6.45) is 2.60. The van der Waals surface area contributed by atoms with Gasteiger partial charge in [-0.3, -0.25) is 0 Å². The molecule has 0 saturated carbocycles. The van der Waals surface area contributed by atoms with Crippen LogP contribution in [-0.2, 0) is 0 Å². The molecule has 0 aromatic carbocycles. The molecule has 6 N–H and O–H groups in total. The second kappa shape index (κ2) is 5.83. The molecule has 2 heterocycles. The van der Waals surface area contributed by atoms with Crippen molar-refractivity contribution < 1.29 is 0 Å². The highest BCUT2D eigenvalue weighted by molar-refractivity contribution is 5.50. The lowest BCUT2D eigenvalue weighted by atomic mass is 10.3. The van der Waals surface area contributed by atoms with Gasteiger partial charge < -0.3 is 21.4 Å². The molecule has 18 heavy (non-hydrogen) atoms. The van der Waals surface area contributed by atoms with E-state index >= 15 is 0 Å². The Morgan fingerprint density at radius 3 is 2.67 bits per heavy atom. The molecule has 1 aliphatic rings. The van der Waals surface area contributed by atoms with Crippen LogP contribution in [-0.4, -0.2) is 40.5 Å². The van der Waals surface area contributed by atoms with Crippen LogP contribution in [0.2, 0.25) is 0 Å². The number of rotatable bonds is 5. The van der Waals surface area contributed by atoms with E-state index in [1.54, 1.807) is 6.07 Å².